The van der Waals surface area contributed by atoms with Crippen molar-refractivity contribution in [2.75, 3.05) is 55.7 Å². The van der Waals surface area contributed by atoms with Gasteiger partial charge in [-0.3, -0.25) is 4.79 Å². The molecule has 4 aromatic carbocycles. The first-order chi connectivity index (χ1) is 29.3. The lowest BCUT2D eigenvalue weighted by Crippen LogP contribution is -2.33. The highest BCUT2D eigenvalue weighted by Crippen LogP contribution is 2.42. The SMILES string of the molecule is CCN(CC)CC[C@H](CSc1ccccc1)Nc1ccc(S(=O)(=O)NC(=O)c2ccc(NCCNCC3=C(c4ccc(Cl)cc4)CCC(C)(C)C3)cc2)cc1S(=O)(=O)C(F)(F)F. The van der Waals surface area contributed by atoms with Gasteiger partial charge in [-0.1, -0.05) is 75.2 Å². The molecule has 62 heavy (non-hydrogen) atoms. The highest BCUT2D eigenvalue weighted by molar-refractivity contribution is 7.99. The predicted octanol–water partition coefficient (Wildman–Crippen LogP) is 9.72. The fraction of sp³-hybridized carbons (Fsp3) is 0.400. The van der Waals surface area contributed by atoms with Gasteiger partial charge in [0, 0.05) is 59.1 Å². The van der Waals surface area contributed by atoms with Gasteiger partial charge in [0.15, 0.2) is 0 Å². The van der Waals surface area contributed by atoms with Crippen LogP contribution in [0.4, 0.5) is 24.5 Å². The van der Waals surface area contributed by atoms with Gasteiger partial charge in [0.05, 0.1) is 10.6 Å². The molecule has 0 bridgehead atoms. The molecule has 1 amide bonds. The number of nitrogens with zero attached hydrogens (tertiary/aromatic N) is 1. The van der Waals surface area contributed by atoms with E-state index in [1.54, 1.807) is 12.1 Å². The summed E-state index contributed by atoms with van der Waals surface area (Å²) in [7, 11) is -10.9. The lowest BCUT2D eigenvalue weighted by Gasteiger charge is -2.34. The van der Waals surface area contributed by atoms with Crippen molar-refractivity contribution in [2.24, 2.45) is 5.41 Å². The van der Waals surface area contributed by atoms with Gasteiger partial charge in [-0.15, -0.1) is 11.8 Å². The number of allylic oxidation sites excluding steroid dienone is 1. The van der Waals surface area contributed by atoms with Crippen molar-refractivity contribution in [1.82, 2.24) is 14.9 Å². The third-order valence-electron chi connectivity index (χ3n) is 10.8. The molecule has 0 saturated heterocycles. The van der Waals surface area contributed by atoms with Crippen molar-refractivity contribution in [3.63, 3.8) is 0 Å². The van der Waals surface area contributed by atoms with E-state index in [-0.39, 0.29) is 11.0 Å². The largest absolute Gasteiger partial charge is 0.501 e. The second kappa shape index (κ2) is 21.5. The Morgan fingerprint density at radius 1 is 0.903 bits per heavy atom. The second-order valence-electron chi connectivity index (χ2n) is 15.9. The van der Waals surface area contributed by atoms with Gasteiger partial charge in [-0.2, -0.15) is 13.2 Å². The molecule has 0 fully saturated rings. The normalized spacial score (nSPS) is 15.0. The summed E-state index contributed by atoms with van der Waals surface area (Å²) in [4.78, 5) is 14.1. The molecule has 4 aromatic rings. The number of rotatable bonds is 21. The van der Waals surface area contributed by atoms with Crippen LogP contribution in [-0.2, 0) is 19.9 Å². The van der Waals surface area contributed by atoms with E-state index in [4.69, 9.17) is 11.6 Å². The molecule has 0 spiro atoms. The van der Waals surface area contributed by atoms with Crippen molar-refractivity contribution in [2.45, 2.75) is 79.6 Å². The van der Waals surface area contributed by atoms with Gasteiger partial charge < -0.3 is 20.9 Å². The Kier molecular flexibility index (Phi) is 17.0. The molecular formula is C45H55ClF3N5O5S3. The summed E-state index contributed by atoms with van der Waals surface area (Å²) in [5.41, 5.74) is -1.40. The van der Waals surface area contributed by atoms with Gasteiger partial charge in [0.1, 0.15) is 4.90 Å². The van der Waals surface area contributed by atoms with Crippen molar-refractivity contribution in [3.05, 3.63) is 119 Å². The number of benzene rings is 4. The number of halogens is 4. The minimum Gasteiger partial charge on any atom is -0.384 e. The molecular weight excluding hydrogens is 879 g/mol. The maximum atomic E-state index is 14.1. The minimum absolute atomic E-state index is 0.0350. The molecule has 0 aliphatic heterocycles. The molecule has 17 heteroatoms. The summed E-state index contributed by atoms with van der Waals surface area (Å²) >= 11 is 7.58. The molecule has 10 nitrogen and oxygen atoms in total. The molecule has 0 heterocycles. The summed E-state index contributed by atoms with van der Waals surface area (Å²) < 4.78 is 96.9. The molecule has 5 rings (SSSR count). The Bertz CT molecular complexity index is 2380. The monoisotopic (exact) mass is 933 g/mol. The van der Waals surface area contributed by atoms with Gasteiger partial charge in [0.2, 0.25) is 0 Å². The third kappa shape index (κ3) is 13.5. The van der Waals surface area contributed by atoms with E-state index < -0.39 is 52.8 Å². The lowest BCUT2D eigenvalue weighted by molar-refractivity contribution is -0.0435. The fourth-order valence-corrected chi connectivity index (χ4v) is 10.4. The number of carbonyl (C=O) groups excluding carboxylic acids is 1. The first kappa shape index (κ1) is 49.0. The number of nitrogens with one attached hydrogen (secondary N) is 4. The summed E-state index contributed by atoms with van der Waals surface area (Å²) in [5.74, 6) is -0.669. The van der Waals surface area contributed by atoms with E-state index in [1.807, 2.05) is 61.0 Å². The smallest absolute Gasteiger partial charge is 0.384 e. The number of amides is 1. The van der Waals surface area contributed by atoms with E-state index in [0.29, 0.717) is 48.6 Å². The Morgan fingerprint density at radius 2 is 1.58 bits per heavy atom. The summed E-state index contributed by atoms with van der Waals surface area (Å²) in [5, 5.41) is 10.5. The standard InChI is InChI=1S/C45H55ClF3N5O5S3/c1-5-54(6-2)27-23-37(31-60-38-10-8-7-9-11-38)52-41-21-20-39(28-42(41)61(56,57)45(47,48)49)62(58,59)53-43(55)33-14-18-36(19-15-33)51-26-25-50-30-34-29-44(3,4)24-22-40(34)32-12-16-35(46)17-13-32/h7-21,28,37,50-52H,5-6,22-27,29-31H2,1-4H3,(H,53,55)/t37-/m1/s1. The highest BCUT2D eigenvalue weighted by atomic mass is 35.5. The first-order valence-corrected chi connectivity index (χ1v) is 24.9. The Morgan fingerprint density at radius 3 is 2.23 bits per heavy atom. The van der Waals surface area contributed by atoms with Gasteiger partial charge in [-0.25, -0.2) is 21.6 Å². The summed E-state index contributed by atoms with van der Waals surface area (Å²) in [6.07, 6.45) is 3.52. The van der Waals surface area contributed by atoms with Crippen LogP contribution in [0, 0.1) is 5.41 Å². The maximum Gasteiger partial charge on any atom is 0.501 e. The van der Waals surface area contributed by atoms with Crippen LogP contribution in [0.25, 0.3) is 5.57 Å². The van der Waals surface area contributed by atoms with Gasteiger partial charge in [-0.05, 0) is 122 Å². The highest BCUT2D eigenvalue weighted by Gasteiger charge is 2.48. The number of alkyl halides is 3. The quantitative estimate of drug-likeness (QED) is 0.0473. The topological polar surface area (TPSA) is 137 Å². The second-order valence-corrected chi connectivity index (χ2v) is 21.1. The van der Waals surface area contributed by atoms with E-state index in [1.165, 1.54) is 40.6 Å². The zero-order valence-electron chi connectivity index (χ0n) is 35.3. The Balaban J connectivity index is 1.24. The molecule has 1 aliphatic carbocycles. The number of anilines is 2. The van der Waals surface area contributed by atoms with E-state index >= 15 is 0 Å². The van der Waals surface area contributed by atoms with Crippen molar-refractivity contribution in [3.8, 4) is 0 Å². The van der Waals surface area contributed by atoms with Crippen LogP contribution in [-0.4, -0.2) is 84.2 Å². The average Bonchev–Trinajstić information content (AvgIpc) is 3.23. The van der Waals surface area contributed by atoms with Crippen molar-refractivity contribution in [1.29, 1.82) is 0 Å². The van der Waals surface area contributed by atoms with Crippen molar-refractivity contribution < 1.29 is 34.8 Å². The number of sulfonamides is 1. The van der Waals surface area contributed by atoms with E-state index in [2.05, 4.69) is 46.8 Å². The molecule has 0 saturated carbocycles. The van der Waals surface area contributed by atoms with Crippen LogP contribution in [0.3, 0.4) is 0 Å². The van der Waals surface area contributed by atoms with E-state index in [0.717, 1.165) is 55.9 Å². The number of hydrogen-bond donors (Lipinski definition) is 4. The number of hydrogen-bond acceptors (Lipinski definition) is 10. The molecule has 4 N–H and O–H groups in total. The molecule has 0 radical (unpaired) electrons. The van der Waals surface area contributed by atoms with Gasteiger partial charge in [0.25, 0.3) is 25.8 Å². The first-order valence-electron chi connectivity index (χ1n) is 20.5. The zero-order chi connectivity index (χ0) is 45.1. The minimum atomic E-state index is -6.04. The number of sulfone groups is 1. The average molecular weight is 935 g/mol. The van der Waals surface area contributed by atoms with Crippen LogP contribution in [0.2, 0.25) is 5.02 Å². The fourth-order valence-electron chi connectivity index (χ4n) is 7.24. The number of thioether (sulfide) groups is 1. The van der Waals surface area contributed by atoms with Crippen LogP contribution < -0.4 is 20.7 Å². The van der Waals surface area contributed by atoms with Crippen LogP contribution in [0.15, 0.2) is 117 Å². The molecule has 1 atom stereocenters. The number of carbonyl (C=O) groups is 1. The molecule has 1 aliphatic rings. The summed E-state index contributed by atoms with van der Waals surface area (Å²) in [6, 6.07) is 25.2. The predicted molar refractivity (Wildman–Crippen MR) is 245 cm³/mol. The van der Waals surface area contributed by atoms with Crippen LogP contribution >= 0.6 is 23.4 Å². The van der Waals surface area contributed by atoms with Crippen molar-refractivity contribution >= 4 is 66.1 Å². The molecule has 0 unspecified atom stereocenters. The maximum absolute atomic E-state index is 14.1. The zero-order valence-corrected chi connectivity index (χ0v) is 38.5. The van der Waals surface area contributed by atoms with Gasteiger partial charge >= 0.3 is 5.51 Å². The Hall–Kier alpha value is -4.06. The lowest BCUT2D eigenvalue weighted by atomic mass is 9.73. The van der Waals surface area contributed by atoms with E-state index in [9.17, 15) is 34.8 Å². The molecule has 336 valence electrons. The van der Waals surface area contributed by atoms with Crippen LogP contribution in [0.1, 0.15) is 69.3 Å². The van der Waals surface area contributed by atoms with Crippen LogP contribution in [0.5, 0.6) is 0 Å². The molecule has 0 aromatic heterocycles. The third-order valence-corrected chi connectivity index (χ3v) is 15.1. The Labute approximate surface area is 373 Å². The summed E-state index contributed by atoms with van der Waals surface area (Å²) in [6.45, 7) is 12.5.